The van der Waals surface area contributed by atoms with E-state index in [-0.39, 0.29) is 13.2 Å². The lowest BCUT2D eigenvalue weighted by Gasteiger charge is -2.00. The zero-order valence-electron chi connectivity index (χ0n) is 7.62. The van der Waals surface area contributed by atoms with Gasteiger partial charge in [-0.05, 0) is 0 Å². The van der Waals surface area contributed by atoms with Crippen LogP contribution in [0.5, 0.6) is 0 Å². The summed E-state index contributed by atoms with van der Waals surface area (Å²) in [5, 5.41) is 1.50. The van der Waals surface area contributed by atoms with Crippen molar-refractivity contribution in [2.75, 3.05) is 23.9 Å². The van der Waals surface area contributed by atoms with Gasteiger partial charge in [-0.1, -0.05) is 56.2 Å². The van der Waals surface area contributed by atoms with E-state index in [0.29, 0.717) is 0 Å². The SMILES string of the molecule is O=C(OC/C=C/CBr)OC/C=C/CBr. The topological polar surface area (TPSA) is 35.5 Å². The van der Waals surface area contributed by atoms with E-state index in [0.717, 1.165) is 10.7 Å². The molecule has 0 aliphatic carbocycles. The molecule has 0 unspecified atom stereocenters. The number of carbonyl (C=O) groups is 1. The van der Waals surface area contributed by atoms with Crippen molar-refractivity contribution in [2.45, 2.75) is 0 Å². The molecule has 0 fully saturated rings. The van der Waals surface area contributed by atoms with Crippen molar-refractivity contribution in [1.29, 1.82) is 0 Å². The lowest BCUT2D eigenvalue weighted by Crippen LogP contribution is -2.07. The maximum atomic E-state index is 10.8. The van der Waals surface area contributed by atoms with Crippen LogP contribution in [-0.2, 0) is 9.47 Å². The summed E-state index contributed by atoms with van der Waals surface area (Å²) in [7, 11) is 0. The smallest absolute Gasteiger partial charge is 0.430 e. The maximum absolute atomic E-state index is 10.8. The first-order chi connectivity index (χ1) is 6.81. The second kappa shape index (κ2) is 10.8. The van der Waals surface area contributed by atoms with Gasteiger partial charge in [0.15, 0.2) is 0 Å². The molecule has 0 aliphatic rings. The summed E-state index contributed by atoms with van der Waals surface area (Å²) in [5.41, 5.74) is 0. The van der Waals surface area contributed by atoms with E-state index in [2.05, 4.69) is 31.9 Å². The van der Waals surface area contributed by atoms with Crippen LogP contribution in [0.15, 0.2) is 24.3 Å². The summed E-state index contributed by atoms with van der Waals surface area (Å²) in [6, 6.07) is 0. The first-order valence-electron chi connectivity index (χ1n) is 4.02. The number of alkyl halides is 2. The minimum absolute atomic E-state index is 0.243. The Morgan fingerprint density at radius 3 is 1.71 bits per heavy atom. The Morgan fingerprint density at radius 1 is 0.929 bits per heavy atom. The van der Waals surface area contributed by atoms with Gasteiger partial charge in [0.2, 0.25) is 0 Å². The Kier molecular flexibility index (Phi) is 10.6. The van der Waals surface area contributed by atoms with Crippen molar-refractivity contribution in [3.05, 3.63) is 24.3 Å². The van der Waals surface area contributed by atoms with Crippen molar-refractivity contribution < 1.29 is 14.3 Å². The zero-order chi connectivity index (χ0) is 10.6. The number of rotatable bonds is 6. The summed E-state index contributed by atoms with van der Waals surface area (Å²) in [6.45, 7) is 0.485. The van der Waals surface area contributed by atoms with Gasteiger partial charge < -0.3 is 9.47 Å². The number of hydrogen-bond acceptors (Lipinski definition) is 3. The number of carbonyl (C=O) groups excluding carboxylic acids is 1. The Balaban J connectivity index is 3.37. The summed E-state index contributed by atoms with van der Waals surface area (Å²) in [5.74, 6) is 0. The van der Waals surface area contributed by atoms with Crippen molar-refractivity contribution in [2.24, 2.45) is 0 Å². The molecule has 0 aromatic rings. The largest absolute Gasteiger partial charge is 0.508 e. The molecule has 0 saturated carbocycles. The third kappa shape index (κ3) is 9.80. The maximum Gasteiger partial charge on any atom is 0.508 e. The van der Waals surface area contributed by atoms with Gasteiger partial charge in [-0.3, -0.25) is 0 Å². The van der Waals surface area contributed by atoms with Crippen molar-refractivity contribution in [3.8, 4) is 0 Å². The molecule has 5 heteroatoms. The van der Waals surface area contributed by atoms with Crippen LogP contribution in [0.25, 0.3) is 0 Å². The molecule has 14 heavy (non-hydrogen) atoms. The Morgan fingerprint density at radius 2 is 1.36 bits per heavy atom. The van der Waals surface area contributed by atoms with Crippen LogP contribution >= 0.6 is 31.9 Å². The summed E-state index contributed by atoms with van der Waals surface area (Å²) in [4.78, 5) is 10.8. The normalized spacial score (nSPS) is 11.0. The third-order valence-corrected chi connectivity index (χ3v) is 1.85. The number of ether oxygens (including phenoxy) is 2. The summed E-state index contributed by atoms with van der Waals surface area (Å²) < 4.78 is 9.42. The fourth-order valence-electron chi connectivity index (χ4n) is 0.536. The molecule has 80 valence electrons. The Labute approximate surface area is 100 Å². The molecular weight excluding hydrogens is 316 g/mol. The fraction of sp³-hybridized carbons (Fsp3) is 0.444. The summed E-state index contributed by atoms with van der Waals surface area (Å²) in [6.07, 6.45) is 6.52. The average molecular weight is 328 g/mol. The zero-order valence-corrected chi connectivity index (χ0v) is 10.8. The van der Waals surface area contributed by atoms with E-state index in [4.69, 9.17) is 9.47 Å². The minimum Gasteiger partial charge on any atom is -0.430 e. The highest BCUT2D eigenvalue weighted by molar-refractivity contribution is 9.09. The van der Waals surface area contributed by atoms with Gasteiger partial charge >= 0.3 is 6.16 Å². The van der Waals surface area contributed by atoms with E-state index in [1.165, 1.54) is 0 Å². The molecule has 0 bridgehead atoms. The van der Waals surface area contributed by atoms with Crippen LogP contribution in [0.2, 0.25) is 0 Å². The molecule has 0 radical (unpaired) electrons. The van der Waals surface area contributed by atoms with E-state index in [1.54, 1.807) is 12.2 Å². The number of allylic oxidation sites excluding steroid dienone is 2. The average Bonchev–Trinajstić information content (AvgIpc) is 2.19. The van der Waals surface area contributed by atoms with E-state index < -0.39 is 6.16 Å². The lowest BCUT2D eigenvalue weighted by atomic mass is 10.5. The predicted molar refractivity (Wildman–Crippen MR) is 63.2 cm³/mol. The molecule has 0 N–H and O–H groups in total. The molecule has 0 spiro atoms. The quantitative estimate of drug-likeness (QED) is 0.427. The summed E-state index contributed by atoms with van der Waals surface area (Å²) >= 11 is 6.41. The lowest BCUT2D eigenvalue weighted by molar-refractivity contribution is 0.0717. The van der Waals surface area contributed by atoms with E-state index in [1.807, 2.05) is 12.2 Å². The van der Waals surface area contributed by atoms with Gasteiger partial charge in [0, 0.05) is 10.7 Å². The van der Waals surface area contributed by atoms with E-state index >= 15 is 0 Å². The van der Waals surface area contributed by atoms with Gasteiger partial charge in [0.05, 0.1) is 0 Å². The van der Waals surface area contributed by atoms with Crippen LogP contribution in [0, 0.1) is 0 Å². The second-order valence-corrected chi connectivity index (χ2v) is 3.42. The molecule has 3 nitrogen and oxygen atoms in total. The molecule has 0 aromatic heterocycles. The van der Waals surface area contributed by atoms with Gasteiger partial charge in [0.25, 0.3) is 0 Å². The van der Waals surface area contributed by atoms with Gasteiger partial charge in [-0.25, -0.2) is 4.79 Å². The highest BCUT2D eigenvalue weighted by Crippen LogP contribution is 1.89. The van der Waals surface area contributed by atoms with Crippen LogP contribution in [0.4, 0.5) is 4.79 Å². The van der Waals surface area contributed by atoms with Gasteiger partial charge in [-0.15, -0.1) is 0 Å². The van der Waals surface area contributed by atoms with Crippen molar-refractivity contribution >= 4 is 38.0 Å². The Hall–Kier alpha value is -0.290. The monoisotopic (exact) mass is 326 g/mol. The van der Waals surface area contributed by atoms with Crippen molar-refractivity contribution in [1.82, 2.24) is 0 Å². The standard InChI is InChI=1S/C9H12Br2O3/c10-5-1-3-7-13-9(12)14-8-4-2-6-11/h1-4H,5-8H2/b3-1+,4-2+. The molecule has 0 heterocycles. The van der Waals surface area contributed by atoms with E-state index in [9.17, 15) is 4.79 Å². The van der Waals surface area contributed by atoms with Crippen LogP contribution in [0.1, 0.15) is 0 Å². The molecule has 0 amide bonds. The predicted octanol–water partition coefficient (Wildman–Crippen LogP) is 3.04. The van der Waals surface area contributed by atoms with Gasteiger partial charge in [0.1, 0.15) is 13.2 Å². The van der Waals surface area contributed by atoms with Crippen LogP contribution in [0.3, 0.4) is 0 Å². The Bertz CT molecular complexity index is 182. The molecule has 0 aliphatic heterocycles. The molecule has 0 aromatic carbocycles. The minimum atomic E-state index is -0.650. The van der Waals surface area contributed by atoms with Crippen LogP contribution in [-0.4, -0.2) is 30.0 Å². The number of halogens is 2. The highest BCUT2D eigenvalue weighted by Gasteiger charge is 1.98. The molecule has 0 atom stereocenters. The van der Waals surface area contributed by atoms with Crippen molar-refractivity contribution in [3.63, 3.8) is 0 Å². The second-order valence-electron chi connectivity index (χ2n) is 2.12. The first kappa shape index (κ1) is 13.7. The number of hydrogen-bond donors (Lipinski definition) is 0. The molecule has 0 saturated heterocycles. The fourth-order valence-corrected chi connectivity index (χ4v) is 1.06. The van der Waals surface area contributed by atoms with Gasteiger partial charge in [-0.2, -0.15) is 0 Å². The first-order valence-corrected chi connectivity index (χ1v) is 6.27. The van der Waals surface area contributed by atoms with Crippen LogP contribution < -0.4 is 0 Å². The molecule has 0 rings (SSSR count). The highest BCUT2D eigenvalue weighted by atomic mass is 79.9. The third-order valence-electron chi connectivity index (χ3n) is 1.11. The molecular formula is C9H12Br2O3.